The van der Waals surface area contributed by atoms with E-state index in [9.17, 15) is 4.79 Å². The predicted molar refractivity (Wildman–Crippen MR) is 68.7 cm³/mol. The van der Waals surface area contributed by atoms with Gasteiger partial charge in [0.25, 0.3) is 5.91 Å². The summed E-state index contributed by atoms with van der Waals surface area (Å²) in [7, 11) is 0. The summed E-state index contributed by atoms with van der Waals surface area (Å²) in [6.07, 6.45) is 8.77. The van der Waals surface area contributed by atoms with Crippen LogP contribution in [0.15, 0.2) is 24.3 Å². The van der Waals surface area contributed by atoms with Crippen LogP contribution in [0.2, 0.25) is 0 Å². The van der Waals surface area contributed by atoms with Gasteiger partial charge in [0.1, 0.15) is 0 Å². The van der Waals surface area contributed by atoms with Gasteiger partial charge in [-0.3, -0.25) is 4.79 Å². The van der Waals surface area contributed by atoms with E-state index >= 15 is 0 Å². The summed E-state index contributed by atoms with van der Waals surface area (Å²) < 4.78 is 0. The van der Waals surface area contributed by atoms with E-state index in [4.69, 9.17) is 6.42 Å². The van der Waals surface area contributed by atoms with Crippen LogP contribution in [0, 0.1) is 12.3 Å². The van der Waals surface area contributed by atoms with E-state index in [0.717, 1.165) is 24.9 Å². The number of piperidine rings is 1. The van der Waals surface area contributed by atoms with Crippen LogP contribution < -0.4 is 0 Å². The molecule has 0 aliphatic carbocycles. The third kappa shape index (κ3) is 2.50. The Kier molecular flexibility index (Phi) is 3.49. The molecule has 1 amide bonds. The van der Waals surface area contributed by atoms with Crippen molar-refractivity contribution in [2.45, 2.75) is 32.2 Å². The predicted octanol–water partition coefficient (Wildman–Crippen LogP) is 2.68. The van der Waals surface area contributed by atoms with Crippen molar-refractivity contribution in [3.63, 3.8) is 0 Å². The van der Waals surface area contributed by atoms with Gasteiger partial charge in [-0.15, -0.1) is 6.42 Å². The monoisotopic (exact) mass is 227 g/mol. The van der Waals surface area contributed by atoms with Gasteiger partial charge >= 0.3 is 0 Å². The average molecular weight is 227 g/mol. The first kappa shape index (κ1) is 11.7. The van der Waals surface area contributed by atoms with Crippen molar-refractivity contribution < 1.29 is 4.79 Å². The van der Waals surface area contributed by atoms with Crippen LogP contribution in [-0.2, 0) is 0 Å². The maximum atomic E-state index is 12.3. The van der Waals surface area contributed by atoms with E-state index < -0.39 is 0 Å². The van der Waals surface area contributed by atoms with Crippen molar-refractivity contribution >= 4 is 5.91 Å². The van der Waals surface area contributed by atoms with E-state index in [1.165, 1.54) is 6.42 Å². The zero-order valence-electron chi connectivity index (χ0n) is 10.1. The second-order valence-electron chi connectivity index (χ2n) is 4.57. The number of hydrogen-bond donors (Lipinski definition) is 0. The SMILES string of the molecule is C#Cc1cccc(C(=O)N2CCCCC2C)c1. The average Bonchev–Trinajstić information content (AvgIpc) is 2.38. The number of benzene rings is 1. The molecule has 1 aromatic rings. The minimum Gasteiger partial charge on any atom is -0.336 e. The Morgan fingerprint density at radius 3 is 3.00 bits per heavy atom. The summed E-state index contributed by atoms with van der Waals surface area (Å²) in [4.78, 5) is 14.3. The van der Waals surface area contributed by atoms with E-state index in [0.29, 0.717) is 11.6 Å². The molecular weight excluding hydrogens is 210 g/mol. The van der Waals surface area contributed by atoms with Crippen LogP contribution in [0.5, 0.6) is 0 Å². The molecular formula is C15H17NO. The summed E-state index contributed by atoms with van der Waals surface area (Å²) in [5.41, 5.74) is 1.47. The molecule has 0 spiro atoms. The molecule has 1 heterocycles. The van der Waals surface area contributed by atoms with Crippen molar-refractivity contribution in [3.05, 3.63) is 35.4 Å². The fourth-order valence-corrected chi connectivity index (χ4v) is 2.31. The third-order valence-electron chi connectivity index (χ3n) is 3.34. The van der Waals surface area contributed by atoms with Crippen molar-refractivity contribution in [1.29, 1.82) is 0 Å². The lowest BCUT2D eigenvalue weighted by Crippen LogP contribution is -2.42. The fraction of sp³-hybridized carbons (Fsp3) is 0.400. The van der Waals surface area contributed by atoms with Gasteiger partial charge in [-0.25, -0.2) is 0 Å². The maximum absolute atomic E-state index is 12.3. The molecule has 0 aromatic heterocycles. The number of nitrogens with zero attached hydrogens (tertiary/aromatic N) is 1. The zero-order chi connectivity index (χ0) is 12.3. The molecule has 1 saturated heterocycles. The van der Waals surface area contributed by atoms with Crippen molar-refractivity contribution in [3.8, 4) is 12.3 Å². The minimum atomic E-state index is 0.106. The summed E-state index contributed by atoms with van der Waals surface area (Å²) in [5, 5.41) is 0. The van der Waals surface area contributed by atoms with E-state index in [2.05, 4.69) is 12.8 Å². The molecule has 0 saturated carbocycles. The molecule has 1 aliphatic heterocycles. The van der Waals surface area contributed by atoms with Crippen LogP contribution in [-0.4, -0.2) is 23.4 Å². The Morgan fingerprint density at radius 1 is 1.47 bits per heavy atom. The number of rotatable bonds is 1. The van der Waals surface area contributed by atoms with Gasteiger partial charge in [0, 0.05) is 23.7 Å². The molecule has 1 aromatic carbocycles. The number of amides is 1. The summed E-state index contributed by atoms with van der Waals surface area (Å²) in [6.45, 7) is 2.97. The Morgan fingerprint density at radius 2 is 2.29 bits per heavy atom. The molecule has 17 heavy (non-hydrogen) atoms. The first-order valence-electron chi connectivity index (χ1n) is 6.10. The number of hydrogen-bond acceptors (Lipinski definition) is 1. The summed E-state index contributed by atoms with van der Waals surface area (Å²) in [6, 6.07) is 7.66. The third-order valence-corrected chi connectivity index (χ3v) is 3.34. The Balaban J connectivity index is 2.21. The van der Waals surface area contributed by atoms with Crippen LogP contribution in [0.1, 0.15) is 42.1 Å². The van der Waals surface area contributed by atoms with Gasteiger partial charge < -0.3 is 4.90 Å². The zero-order valence-corrected chi connectivity index (χ0v) is 10.1. The van der Waals surface area contributed by atoms with Gasteiger partial charge in [0.2, 0.25) is 0 Å². The molecule has 0 radical (unpaired) electrons. The van der Waals surface area contributed by atoms with Crippen molar-refractivity contribution in [2.24, 2.45) is 0 Å². The minimum absolute atomic E-state index is 0.106. The van der Waals surface area contributed by atoms with E-state index in [-0.39, 0.29) is 5.91 Å². The fourth-order valence-electron chi connectivity index (χ4n) is 2.31. The largest absolute Gasteiger partial charge is 0.336 e. The first-order chi connectivity index (χ1) is 8.22. The second-order valence-corrected chi connectivity index (χ2v) is 4.57. The quantitative estimate of drug-likeness (QED) is 0.675. The first-order valence-corrected chi connectivity index (χ1v) is 6.10. The smallest absolute Gasteiger partial charge is 0.254 e. The Bertz CT molecular complexity index is 458. The highest BCUT2D eigenvalue weighted by molar-refractivity contribution is 5.94. The molecule has 2 nitrogen and oxygen atoms in total. The van der Waals surface area contributed by atoms with Gasteiger partial charge in [-0.1, -0.05) is 12.0 Å². The van der Waals surface area contributed by atoms with E-state index in [1.54, 1.807) is 6.07 Å². The lowest BCUT2D eigenvalue weighted by Gasteiger charge is -2.33. The number of likely N-dealkylation sites (tertiary alicyclic amines) is 1. The lowest BCUT2D eigenvalue weighted by molar-refractivity contribution is 0.0635. The highest BCUT2D eigenvalue weighted by atomic mass is 16.2. The molecule has 0 N–H and O–H groups in total. The molecule has 2 rings (SSSR count). The summed E-state index contributed by atoms with van der Waals surface area (Å²) in [5.74, 6) is 2.67. The highest BCUT2D eigenvalue weighted by Gasteiger charge is 2.23. The summed E-state index contributed by atoms with van der Waals surface area (Å²) >= 11 is 0. The van der Waals surface area contributed by atoms with Crippen molar-refractivity contribution in [2.75, 3.05) is 6.54 Å². The second kappa shape index (κ2) is 5.05. The molecule has 88 valence electrons. The molecule has 1 aliphatic rings. The van der Waals surface area contributed by atoms with E-state index in [1.807, 2.05) is 23.1 Å². The van der Waals surface area contributed by atoms with Crippen molar-refractivity contribution in [1.82, 2.24) is 4.90 Å². The molecule has 1 unspecified atom stereocenters. The van der Waals surface area contributed by atoms with Gasteiger partial charge in [-0.05, 0) is 44.4 Å². The highest BCUT2D eigenvalue weighted by Crippen LogP contribution is 2.19. The maximum Gasteiger partial charge on any atom is 0.254 e. The molecule has 0 bridgehead atoms. The molecule has 1 atom stereocenters. The normalized spacial score (nSPS) is 19.8. The Labute approximate surface area is 103 Å². The molecule has 2 heteroatoms. The van der Waals surface area contributed by atoms with Gasteiger partial charge in [-0.2, -0.15) is 0 Å². The van der Waals surface area contributed by atoms with Crippen LogP contribution in [0.4, 0.5) is 0 Å². The van der Waals surface area contributed by atoms with Gasteiger partial charge in [0.05, 0.1) is 0 Å². The lowest BCUT2D eigenvalue weighted by atomic mass is 10.0. The van der Waals surface area contributed by atoms with Gasteiger partial charge in [0.15, 0.2) is 0 Å². The Hall–Kier alpha value is -1.75. The number of terminal acetylenes is 1. The van der Waals surface area contributed by atoms with Crippen LogP contribution in [0.3, 0.4) is 0 Å². The number of carbonyl (C=O) groups excluding carboxylic acids is 1. The molecule has 1 fully saturated rings. The number of carbonyl (C=O) groups is 1. The van der Waals surface area contributed by atoms with Crippen LogP contribution in [0.25, 0.3) is 0 Å². The topological polar surface area (TPSA) is 20.3 Å². The standard InChI is InChI=1S/C15H17NO/c1-3-13-8-6-9-14(11-13)15(17)16-10-5-4-7-12(16)2/h1,6,8-9,11-12H,4-5,7,10H2,2H3. The van der Waals surface area contributed by atoms with Crippen LogP contribution >= 0.6 is 0 Å².